The van der Waals surface area contributed by atoms with Gasteiger partial charge in [0.05, 0.1) is 23.9 Å². The van der Waals surface area contributed by atoms with Crippen LogP contribution in [-0.4, -0.2) is 37.7 Å². The number of carbonyl (C=O) groups excluding carboxylic acids is 1. The van der Waals surface area contributed by atoms with Gasteiger partial charge in [0, 0.05) is 18.0 Å². The molecule has 0 N–H and O–H groups in total. The minimum atomic E-state index is -3.77. The summed E-state index contributed by atoms with van der Waals surface area (Å²) in [6.07, 6.45) is -1.26. The molecule has 0 unspecified atom stereocenters. The van der Waals surface area contributed by atoms with E-state index in [0.29, 0.717) is 0 Å². The van der Waals surface area contributed by atoms with Crippen molar-refractivity contribution in [3.05, 3.63) is 41.6 Å². The summed E-state index contributed by atoms with van der Waals surface area (Å²) in [4.78, 5) is 18.7. The zero-order valence-corrected chi connectivity index (χ0v) is 13.0. The van der Waals surface area contributed by atoms with Crippen molar-refractivity contribution in [2.45, 2.75) is 11.6 Å². The number of esters is 1. The Morgan fingerprint density at radius 1 is 1.30 bits per heavy atom. The summed E-state index contributed by atoms with van der Waals surface area (Å²) in [5, 5.41) is -0.569. The maximum atomic E-state index is 13.1. The molecule has 2 aromatic rings. The molecule has 0 bridgehead atoms. The molecule has 1 aromatic heterocycles. The first-order valence-electron chi connectivity index (χ1n) is 6.28. The van der Waals surface area contributed by atoms with Gasteiger partial charge in [-0.2, -0.15) is 0 Å². The Kier molecular flexibility index (Phi) is 4.69. The molecule has 6 nitrogen and oxygen atoms in total. The van der Waals surface area contributed by atoms with Gasteiger partial charge < -0.3 is 4.74 Å². The number of rotatable bonds is 4. The lowest BCUT2D eigenvalue weighted by Crippen LogP contribution is -2.08. The van der Waals surface area contributed by atoms with Gasteiger partial charge in [-0.05, 0) is 12.1 Å². The molecule has 0 spiro atoms. The van der Waals surface area contributed by atoms with Crippen LogP contribution in [-0.2, 0) is 14.6 Å². The fourth-order valence-electron chi connectivity index (χ4n) is 1.86. The molecular weight excluding hydrogens is 330 g/mol. The van der Waals surface area contributed by atoms with E-state index in [2.05, 4.69) is 14.7 Å². The van der Waals surface area contributed by atoms with Crippen LogP contribution in [0.2, 0.25) is 0 Å². The molecule has 1 heterocycles. The Balaban J connectivity index is 2.67. The molecule has 122 valence electrons. The summed E-state index contributed by atoms with van der Waals surface area (Å²) >= 11 is 0. The van der Waals surface area contributed by atoms with Gasteiger partial charge >= 0.3 is 5.97 Å². The third-order valence-corrected chi connectivity index (χ3v) is 3.78. The molecule has 0 aliphatic rings. The number of hydrogen-bond acceptors (Lipinski definition) is 6. The van der Waals surface area contributed by atoms with Gasteiger partial charge in [-0.3, -0.25) is 0 Å². The number of alkyl halides is 2. The van der Waals surface area contributed by atoms with Gasteiger partial charge in [0.15, 0.2) is 0 Å². The van der Waals surface area contributed by atoms with Crippen molar-refractivity contribution < 1.29 is 26.7 Å². The van der Waals surface area contributed by atoms with Crippen LogP contribution in [0.15, 0.2) is 35.6 Å². The lowest BCUT2D eigenvalue weighted by Gasteiger charge is -2.10. The fourth-order valence-corrected chi connectivity index (χ4v) is 2.36. The highest BCUT2D eigenvalue weighted by molar-refractivity contribution is 7.90. The van der Waals surface area contributed by atoms with E-state index in [0.717, 1.165) is 12.5 Å². The molecule has 0 radical (unpaired) electrons. The van der Waals surface area contributed by atoms with E-state index in [1.54, 1.807) is 0 Å². The molecule has 2 rings (SSSR count). The largest absolute Gasteiger partial charge is 0.465 e. The van der Waals surface area contributed by atoms with Crippen LogP contribution in [0.1, 0.15) is 22.3 Å². The van der Waals surface area contributed by atoms with Gasteiger partial charge in [0.1, 0.15) is 0 Å². The minimum absolute atomic E-state index is 0.129. The van der Waals surface area contributed by atoms with Gasteiger partial charge in [0.2, 0.25) is 15.0 Å². The third kappa shape index (κ3) is 3.67. The van der Waals surface area contributed by atoms with Crippen molar-refractivity contribution in [1.82, 2.24) is 9.97 Å². The first kappa shape index (κ1) is 16.9. The Hall–Kier alpha value is -2.42. The van der Waals surface area contributed by atoms with E-state index in [-0.39, 0.29) is 16.8 Å². The van der Waals surface area contributed by atoms with Crippen LogP contribution >= 0.6 is 0 Å². The highest BCUT2D eigenvalue weighted by atomic mass is 32.2. The molecule has 23 heavy (non-hydrogen) atoms. The fraction of sp³-hybridized carbons (Fsp3) is 0.214. The van der Waals surface area contributed by atoms with Crippen LogP contribution in [0.25, 0.3) is 11.3 Å². The Bertz CT molecular complexity index is 854. The number of sulfone groups is 1. The van der Waals surface area contributed by atoms with Gasteiger partial charge in [-0.25, -0.2) is 32.0 Å². The minimum Gasteiger partial charge on any atom is -0.465 e. The average Bonchev–Trinajstić information content (AvgIpc) is 2.52. The predicted octanol–water partition coefficient (Wildman–Crippen LogP) is 2.27. The molecule has 0 amide bonds. The molecule has 0 saturated heterocycles. The van der Waals surface area contributed by atoms with E-state index >= 15 is 0 Å². The van der Waals surface area contributed by atoms with Gasteiger partial charge in [0.25, 0.3) is 6.43 Å². The second-order valence-electron chi connectivity index (χ2n) is 4.60. The summed E-state index contributed by atoms with van der Waals surface area (Å²) in [5.41, 5.74) is -0.485. The Labute approximate surface area is 131 Å². The first-order chi connectivity index (χ1) is 10.7. The van der Waals surface area contributed by atoms with Crippen LogP contribution < -0.4 is 0 Å². The van der Waals surface area contributed by atoms with Crippen molar-refractivity contribution in [3.63, 3.8) is 0 Å². The Morgan fingerprint density at radius 3 is 2.57 bits per heavy atom. The van der Waals surface area contributed by atoms with Crippen molar-refractivity contribution >= 4 is 15.8 Å². The number of methoxy groups -OCH3 is 1. The van der Waals surface area contributed by atoms with Crippen LogP contribution in [0.4, 0.5) is 8.78 Å². The number of halogens is 2. The van der Waals surface area contributed by atoms with E-state index in [1.165, 1.54) is 31.4 Å². The Morgan fingerprint density at radius 2 is 2.00 bits per heavy atom. The highest BCUT2D eigenvalue weighted by Crippen LogP contribution is 2.30. The number of aromatic nitrogens is 2. The average molecular weight is 342 g/mol. The second kappa shape index (κ2) is 6.37. The third-order valence-electron chi connectivity index (χ3n) is 2.92. The van der Waals surface area contributed by atoms with Crippen LogP contribution in [0, 0.1) is 0 Å². The monoisotopic (exact) mass is 342 g/mol. The molecule has 0 aliphatic carbocycles. The lowest BCUT2D eigenvalue weighted by atomic mass is 10.0. The van der Waals surface area contributed by atoms with E-state index in [1.807, 2.05) is 0 Å². The number of benzene rings is 1. The smallest absolute Gasteiger partial charge is 0.337 e. The van der Waals surface area contributed by atoms with E-state index in [4.69, 9.17) is 0 Å². The topological polar surface area (TPSA) is 86.2 Å². The first-order valence-corrected chi connectivity index (χ1v) is 8.17. The molecular formula is C14H12F2N2O4S. The zero-order chi connectivity index (χ0) is 17.2. The van der Waals surface area contributed by atoms with Crippen molar-refractivity contribution in [2.75, 3.05) is 13.4 Å². The molecule has 0 fully saturated rings. The normalized spacial score (nSPS) is 11.5. The van der Waals surface area contributed by atoms with Crippen LogP contribution in [0.3, 0.4) is 0 Å². The lowest BCUT2D eigenvalue weighted by molar-refractivity contribution is 0.0600. The quantitative estimate of drug-likeness (QED) is 0.626. The zero-order valence-electron chi connectivity index (χ0n) is 12.2. The predicted molar refractivity (Wildman–Crippen MR) is 76.9 cm³/mol. The van der Waals surface area contributed by atoms with Crippen LogP contribution in [0.5, 0.6) is 0 Å². The summed E-state index contributed by atoms with van der Waals surface area (Å²) in [6.45, 7) is 0. The molecule has 0 saturated carbocycles. The van der Waals surface area contributed by atoms with Crippen molar-refractivity contribution in [2.24, 2.45) is 0 Å². The van der Waals surface area contributed by atoms with E-state index < -0.39 is 33.0 Å². The summed E-state index contributed by atoms with van der Waals surface area (Å²) < 4.78 is 53.9. The summed E-state index contributed by atoms with van der Waals surface area (Å²) in [5.74, 6) is -0.650. The number of ether oxygens (including phenoxy) is 1. The van der Waals surface area contributed by atoms with Crippen molar-refractivity contribution in [1.29, 1.82) is 0 Å². The molecule has 0 aliphatic heterocycles. The highest BCUT2D eigenvalue weighted by Gasteiger charge is 2.21. The van der Waals surface area contributed by atoms with Gasteiger partial charge in [-0.15, -0.1) is 0 Å². The molecule has 0 atom stereocenters. The molecule has 1 aromatic carbocycles. The number of hydrogen-bond donors (Lipinski definition) is 0. The van der Waals surface area contributed by atoms with E-state index in [9.17, 15) is 22.0 Å². The SMILES string of the molecule is COC(=O)c1cccc(-c2nc(S(C)(=O)=O)ncc2C(F)F)c1. The number of carbonyl (C=O) groups is 1. The maximum absolute atomic E-state index is 13.1. The molecule has 9 heteroatoms. The summed E-state index contributed by atoms with van der Waals surface area (Å²) in [6, 6.07) is 5.63. The summed E-state index contributed by atoms with van der Waals surface area (Å²) in [7, 11) is -2.58. The maximum Gasteiger partial charge on any atom is 0.337 e. The number of nitrogens with zero attached hydrogens (tertiary/aromatic N) is 2. The standard InChI is InChI=1S/C14H12F2N2O4S/c1-22-13(19)9-5-3-4-8(6-9)11-10(12(15)16)7-17-14(18-11)23(2,20)21/h3-7,12H,1-2H3. The van der Waals surface area contributed by atoms with Gasteiger partial charge in [-0.1, -0.05) is 12.1 Å². The van der Waals surface area contributed by atoms with Crippen molar-refractivity contribution in [3.8, 4) is 11.3 Å². The second-order valence-corrected chi connectivity index (χ2v) is 6.51.